The molecule has 0 spiro atoms. The molecule has 1 aliphatic rings. The van der Waals surface area contributed by atoms with E-state index in [9.17, 15) is 9.18 Å². The fraction of sp³-hybridized carbons (Fsp3) is 0.286. The molecule has 5 nitrogen and oxygen atoms in total. The molecule has 0 unspecified atom stereocenters. The second kappa shape index (κ2) is 6.19. The topological polar surface area (TPSA) is 54.5 Å². The summed E-state index contributed by atoms with van der Waals surface area (Å²) in [5.41, 5.74) is 0. The summed E-state index contributed by atoms with van der Waals surface area (Å²) in [6, 6.07) is 6.41. The van der Waals surface area contributed by atoms with Crippen molar-refractivity contribution in [1.82, 2.24) is 9.88 Å². The maximum atomic E-state index is 12.8. The Morgan fingerprint density at radius 1 is 1.48 bits per heavy atom. The average Bonchev–Trinajstić information content (AvgIpc) is 3.04. The molecular weight excluding hydrogens is 293 g/mol. The van der Waals surface area contributed by atoms with Crippen LogP contribution in [0.3, 0.4) is 0 Å². The van der Waals surface area contributed by atoms with E-state index in [1.54, 1.807) is 16.2 Å². The molecule has 7 heteroatoms. The molecular formula is C14H14FN3O2S. The number of anilines is 1. The fourth-order valence-corrected chi connectivity index (χ4v) is 2.88. The first-order valence-corrected chi connectivity index (χ1v) is 7.43. The van der Waals surface area contributed by atoms with Crippen molar-refractivity contribution in [1.29, 1.82) is 0 Å². The molecule has 0 bridgehead atoms. The van der Waals surface area contributed by atoms with Crippen LogP contribution in [0.25, 0.3) is 0 Å². The molecule has 1 saturated heterocycles. The quantitative estimate of drug-likeness (QED) is 0.928. The number of hydrogen-bond donors (Lipinski definition) is 1. The molecule has 21 heavy (non-hydrogen) atoms. The molecule has 3 heterocycles. The monoisotopic (exact) mass is 307 g/mol. The number of amides is 2. The Morgan fingerprint density at radius 2 is 2.38 bits per heavy atom. The summed E-state index contributed by atoms with van der Waals surface area (Å²) in [6.07, 6.45) is 0.981. The minimum atomic E-state index is -0.433. The molecule has 1 atom stereocenters. The zero-order chi connectivity index (χ0) is 14.7. The van der Waals surface area contributed by atoms with Crippen molar-refractivity contribution in [3.63, 3.8) is 0 Å². The molecule has 0 radical (unpaired) electrons. The Kier molecular flexibility index (Phi) is 4.12. The van der Waals surface area contributed by atoms with Gasteiger partial charge in [0, 0.05) is 11.4 Å². The number of aromatic nitrogens is 1. The highest BCUT2D eigenvalue weighted by Crippen LogP contribution is 2.26. The number of thiophene rings is 1. The third-order valence-corrected chi connectivity index (χ3v) is 4.14. The number of hydrogen-bond acceptors (Lipinski definition) is 4. The smallest absolute Gasteiger partial charge is 0.323 e. The van der Waals surface area contributed by atoms with Gasteiger partial charge in [-0.3, -0.25) is 5.32 Å². The van der Waals surface area contributed by atoms with Gasteiger partial charge in [0.15, 0.2) is 0 Å². The van der Waals surface area contributed by atoms with E-state index in [4.69, 9.17) is 4.74 Å². The van der Waals surface area contributed by atoms with Crippen molar-refractivity contribution >= 4 is 23.2 Å². The first-order valence-electron chi connectivity index (χ1n) is 6.55. The molecule has 110 valence electrons. The van der Waals surface area contributed by atoms with E-state index >= 15 is 0 Å². The van der Waals surface area contributed by atoms with Crippen LogP contribution in [-0.4, -0.2) is 35.6 Å². The second-order valence-corrected chi connectivity index (χ2v) is 5.59. The van der Waals surface area contributed by atoms with E-state index in [2.05, 4.69) is 10.3 Å². The SMILES string of the molecule is O=C(Nc1ccc(F)cn1)N1CCO[C@@H](c2cccs2)C1. The van der Waals surface area contributed by atoms with E-state index < -0.39 is 5.82 Å². The first-order chi connectivity index (χ1) is 10.2. The van der Waals surface area contributed by atoms with Crippen molar-refractivity contribution < 1.29 is 13.9 Å². The van der Waals surface area contributed by atoms with Gasteiger partial charge in [-0.15, -0.1) is 11.3 Å². The van der Waals surface area contributed by atoms with Crippen LogP contribution in [0, 0.1) is 5.82 Å². The Bertz CT molecular complexity index is 603. The molecule has 0 aromatic carbocycles. The van der Waals surface area contributed by atoms with Crippen LogP contribution in [0.5, 0.6) is 0 Å². The Morgan fingerprint density at radius 3 is 3.10 bits per heavy atom. The number of nitrogens with one attached hydrogen (secondary N) is 1. The molecule has 2 aromatic rings. The van der Waals surface area contributed by atoms with Crippen LogP contribution in [0.15, 0.2) is 35.8 Å². The highest BCUT2D eigenvalue weighted by Gasteiger charge is 2.26. The maximum absolute atomic E-state index is 12.8. The number of ether oxygens (including phenoxy) is 1. The van der Waals surface area contributed by atoms with E-state index in [1.807, 2.05) is 17.5 Å². The van der Waals surface area contributed by atoms with Crippen molar-refractivity contribution in [2.45, 2.75) is 6.10 Å². The van der Waals surface area contributed by atoms with Crippen LogP contribution in [-0.2, 0) is 4.74 Å². The van der Waals surface area contributed by atoms with E-state index in [-0.39, 0.29) is 12.1 Å². The van der Waals surface area contributed by atoms with E-state index in [0.29, 0.717) is 25.5 Å². The lowest BCUT2D eigenvalue weighted by Crippen LogP contribution is -2.44. The Hall–Kier alpha value is -1.99. The predicted molar refractivity (Wildman–Crippen MR) is 77.8 cm³/mol. The number of rotatable bonds is 2. The molecule has 0 saturated carbocycles. The van der Waals surface area contributed by atoms with Crippen molar-refractivity contribution in [3.05, 3.63) is 46.5 Å². The van der Waals surface area contributed by atoms with Gasteiger partial charge in [-0.25, -0.2) is 14.2 Å². The van der Waals surface area contributed by atoms with Gasteiger partial charge in [0.1, 0.15) is 17.7 Å². The third-order valence-electron chi connectivity index (χ3n) is 3.18. The van der Waals surface area contributed by atoms with Gasteiger partial charge in [-0.2, -0.15) is 0 Å². The van der Waals surface area contributed by atoms with Crippen LogP contribution >= 0.6 is 11.3 Å². The minimum Gasteiger partial charge on any atom is -0.369 e. The largest absolute Gasteiger partial charge is 0.369 e. The molecule has 1 fully saturated rings. The average molecular weight is 307 g/mol. The molecule has 1 N–H and O–H groups in total. The van der Waals surface area contributed by atoms with Crippen molar-refractivity contribution in [3.8, 4) is 0 Å². The summed E-state index contributed by atoms with van der Waals surface area (Å²) in [5, 5.41) is 4.65. The van der Waals surface area contributed by atoms with Crippen LogP contribution < -0.4 is 5.32 Å². The Balaban J connectivity index is 1.63. The minimum absolute atomic E-state index is 0.0920. The summed E-state index contributed by atoms with van der Waals surface area (Å²) in [5.74, 6) is -0.0994. The number of nitrogens with zero attached hydrogens (tertiary/aromatic N) is 2. The third kappa shape index (κ3) is 3.37. The van der Waals surface area contributed by atoms with Gasteiger partial charge in [-0.1, -0.05) is 6.07 Å². The van der Waals surface area contributed by atoms with E-state index in [1.165, 1.54) is 12.1 Å². The highest BCUT2D eigenvalue weighted by molar-refractivity contribution is 7.10. The van der Waals surface area contributed by atoms with Gasteiger partial charge in [0.05, 0.1) is 19.3 Å². The molecule has 2 amide bonds. The predicted octanol–water partition coefficient (Wildman–Crippen LogP) is 2.89. The van der Waals surface area contributed by atoms with Crippen molar-refractivity contribution in [2.24, 2.45) is 0 Å². The fourth-order valence-electron chi connectivity index (χ4n) is 2.12. The second-order valence-electron chi connectivity index (χ2n) is 4.61. The van der Waals surface area contributed by atoms with Crippen LogP contribution in [0.1, 0.15) is 11.0 Å². The van der Waals surface area contributed by atoms with Gasteiger partial charge in [-0.05, 0) is 23.6 Å². The first kappa shape index (κ1) is 14.0. The summed E-state index contributed by atoms with van der Waals surface area (Å²) in [6.45, 7) is 1.51. The van der Waals surface area contributed by atoms with Crippen molar-refractivity contribution in [2.75, 3.05) is 25.0 Å². The zero-order valence-electron chi connectivity index (χ0n) is 11.2. The van der Waals surface area contributed by atoms with Gasteiger partial charge in [0.25, 0.3) is 0 Å². The van der Waals surface area contributed by atoms with Crippen LogP contribution in [0.2, 0.25) is 0 Å². The number of carbonyl (C=O) groups excluding carboxylic acids is 1. The highest BCUT2D eigenvalue weighted by atomic mass is 32.1. The van der Waals surface area contributed by atoms with Gasteiger partial charge < -0.3 is 9.64 Å². The molecule has 3 rings (SSSR count). The normalized spacial score (nSPS) is 18.5. The summed E-state index contributed by atoms with van der Waals surface area (Å²) >= 11 is 1.61. The molecule has 1 aliphatic heterocycles. The Labute approximate surface area is 125 Å². The van der Waals surface area contributed by atoms with Gasteiger partial charge >= 0.3 is 6.03 Å². The number of pyridine rings is 1. The van der Waals surface area contributed by atoms with Crippen LogP contribution in [0.4, 0.5) is 15.0 Å². The standard InChI is InChI=1S/C14H14FN3O2S/c15-10-3-4-13(16-8-10)17-14(19)18-5-6-20-11(9-18)12-2-1-7-21-12/h1-4,7-8,11H,5-6,9H2,(H,16,17,19)/t11-/m1/s1. The lowest BCUT2D eigenvalue weighted by atomic mass is 10.2. The lowest BCUT2D eigenvalue weighted by molar-refractivity contribution is -0.0116. The number of carbonyl (C=O) groups is 1. The number of halogens is 1. The van der Waals surface area contributed by atoms with E-state index in [0.717, 1.165) is 11.1 Å². The molecule has 2 aromatic heterocycles. The number of urea groups is 1. The summed E-state index contributed by atoms with van der Waals surface area (Å²) in [7, 11) is 0. The maximum Gasteiger partial charge on any atom is 0.323 e. The number of morpholine rings is 1. The van der Waals surface area contributed by atoms with Gasteiger partial charge in [0.2, 0.25) is 0 Å². The zero-order valence-corrected chi connectivity index (χ0v) is 12.0. The lowest BCUT2D eigenvalue weighted by Gasteiger charge is -2.32. The summed E-state index contributed by atoms with van der Waals surface area (Å²) in [4.78, 5) is 18.8. The molecule has 0 aliphatic carbocycles. The summed E-state index contributed by atoms with van der Waals surface area (Å²) < 4.78 is 18.5.